The second-order valence-electron chi connectivity index (χ2n) is 7.06. The topological polar surface area (TPSA) is 45.2 Å². The minimum Gasteiger partial charge on any atom is -0.298 e. The molecule has 9 heteroatoms. The molecule has 0 atom stereocenters. The van der Waals surface area contributed by atoms with Gasteiger partial charge in [0.15, 0.2) is 0 Å². The van der Waals surface area contributed by atoms with Crippen LogP contribution >= 0.6 is 11.9 Å². The molecule has 0 amide bonds. The van der Waals surface area contributed by atoms with Gasteiger partial charge in [-0.2, -0.15) is 13.2 Å². The van der Waals surface area contributed by atoms with Crippen molar-refractivity contribution < 1.29 is 13.2 Å². The molecule has 0 aliphatic carbocycles. The minimum atomic E-state index is -4.39. The molecular weight excluding hydrogens is 363 g/mol. The first-order valence-electron chi connectivity index (χ1n) is 8.27. The van der Waals surface area contributed by atoms with Gasteiger partial charge in [0, 0.05) is 61.0 Å². The van der Waals surface area contributed by atoms with Crippen molar-refractivity contribution in [3.63, 3.8) is 0 Å². The lowest BCUT2D eigenvalue weighted by Gasteiger charge is -2.60. The molecule has 5 nitrogen and oxygen atoms in total. The van der Waals surface area contributed by atoms with Crippen LogP contribution in [0.2, 0.25) is 0 Å². The molecule has 1 spiro atoms. The fourth-order valence-electron chi connectivity index (χ4n) is 3.59. The molecule has 4 heterocycles. The van der Waals surface area contributed by atoms with Gasteiger partial charge >= 0.3 is 6.18 Å². The van der Waals surface area contributed by atoms with Crippen molar-refractivity contribution in [3.05, 3.63) is 47.8 Å². The maximum Gasteiger partial charge on any atom is 0.433 e. The number of aromatic nitrogens is 3. The third-order valence-electron chi connectivity index (χ3n) is 4.72. The normalized spacial score (nSPS) is 20.0. The molecule has 4 rings (SSSR count). The molecule has 0 saturated carbocycles. The number of hydrogen-bond acceptors (Lipinski definition) is 6. The van der Waals surface area contributed by atoms with Crippen LogP contribution in [0, 0.1) is 12.3 Å². The highest BCUT2D eigenvalue weighted by Crippen LogP contribution is 2.45. The predicted octanol–water partition coefficient (Wildman–Crippen LogP) is 3.02. The van der Waals surface area contributed by atoms with Crippen molar-refractivity contribution in [3.8, 4) is 0 Å². The third-order valence-corrected chi connectivity index (χ3v) is 5.86. The number of likely N-dealkylation sites (tertiary alicyclic amines) is 1. The fourth-order valence-corrected chi connectivity index (χ4v) is 4.85. The fraction of sp³-hybridized carbons (Fsp3) is 0.471. The smallest absolute Gasteiger partial charge is 0.298 e. The maximum atomic E-state index is 12.7. The maximum absolute atomic E-state index is 12.7. The summed E-state index contributed by atoms with van der Waals surface area (Å²) in [5.74, 6) is 0. The summed E-state index contributed by atoms with van der Waals surface area (Å²) in [6.07, 6.45) is 0.802. The highest BCUT2D eigenvalue weighted by molar-refractivity contribution is 7.97. The molecule has 26 heavy (non-hydrogen) atoms. The zero-order valence-electron chi connectivity index (χ0n) is 14.2. The second-order valence-corrected chi connectivity index (χ2v) is 8.20. The van der Waals surface area contributed by atoms with Gasteiger partial charge in [0.25, 0.3) is 0 Å². The summed E-state index contributed by atoms with van der Waals surface area (Å²) < 4.78 is 40.3. The van der Waals surface area contributed by atoms with Crippen LogP contribution in [0.4, 0.5) is 13.2 Å². The van der Waals surface area contributed by atoms with Gasteiger partial charge in [0.05, 0.1) is 5.69 Å². The van der Waals surface area contributed by atoms with Crippen molar-refractivity contribution in [2.75, 3.05) is 26.2 Å². The Morgan fingerprint density at radius 3 is 2.42 bits per heavy atom. The molecule has 2 aliphatic heterocycles. The van der Waals surface area contributed by atoms with E-state index in [9.17, 15) is 13.2 Å². The number of aryl methyl sites for hydroxylation is 1. The van der Waals surface area contributed by atoms with Crippen molar-refractivity contribution in [2.45, 2.75) is 24.5 Å². The summed E-state index contributed by atoms with van der Waals surface area (Å²) in [4.78, 5) is 14.9. The predicted molar refractivity (Wildman–Crippen MR) is 91.1 cm³/mol. The number of hydrogen-bond donors (Lipinski definition) is 0. The molecule has 0 aromatic carbocycles. The molecule has 2 fully saturated rings. The summed E-state index contributed by atoms with van der Waals surface area (Å²) in [7, 11) is 0. The van der Waals surface area contributed by atoms with Gasteiger partial charge in [0.2, 0.25) is 0 Å². The summed E-state index contributed by atoms with van der Waals surface area (Å²) in [5, 5.41) is 0. The van der Waals surface area contributed by atoms with Crippen LogP contribution in [0.1, 0.15) is 17.0 Å². The van der Waals surface area contributed by atoms with Gasteiger partial charge in [-0.25, -0.2) is 19.3 Å². The van der Waals surface area contributed by atoms with Crippen molar-refractivity contribution in [1.82, 2.24) is 24.2 Å². The number of pyridine rings is 1. The Labute approximate surface area is 153 Å². The van der Waals surface area contributed by atoms with E-state index in [4.69, 9.17) is 0 Å². The van der Waals surface area contributed by atoms with Crippen LogP contribution in [0.3, 0.4) is 0 Å². The Hall–Kier alpha value is -1.71. The molecule has 0 unspecified atom stereocenters. The van der Waals surface area contributed by atoms with Gasteiger partial charge in [0.1, 0.15) is 12.0 Å². The SMILES string of the molecule is Cc1nc(C(F)(F)F)ccc1SN1CC2(CN(Cc3cncnc3)C2)C1. The quantitative estimate of drug-likeness (QED) is 0.759. The van der Waals surface area contributed by atoms with Gasteiger partial charge in [-0.1, -0.05) is 0 Å². The van der Waals surface area contributed by atoms with E-state index in [1.807, 2.05) is 12.4 Å². The van der Waals surface area contributed by atoms with Crippen LogP contribution in [0.15, 0.2) is 35.7 Å². The standard InChI is InChI=1S/C17H18F3N5S/c1-12-14(2-3-15(23-12)17(18,19)20)26-25-9-16(10-25)7-24(8-16)6-13-4-21-11-22-5-13/h2-5,11H,6-10H2,1H3. The van der Waals surface area contributed by atoms with Gasteiger partial charge < -0.3 is 0 Å². The van der Waals surface area contributed by atoms with Crippen molar-refractivity contribution in [2.24, 2.45) is 5.41 Å². The van der Waals surface area contributed by atoms with E-state index in [1.54, 1.807) is 6.92 Å². The van der Waals surface area contributed by atoms with Crippen LogP contribution in [-0.4, -0.2) is 50.3 Å². The summed E-state index contributed by atoms with van der Waals surface area (Å²) >= 11 is 1.50. The molecule has 0 bridgehead atoms. The average molecular weight is 381 g/mol. The zero-order valence-corrected chi connectivity index (χ0v) is 15.0. The van der Waals surface area contributed by atoms with Crippen molar-refractivity contribution >= 4 is 11.9 Å². The molecule has 2 aliphatic rings. The summed E-state index contributed by atoms with van der Waals surface area (Å²) in [5.41, 5.74) is 1.01. The Balaban J connectivity index is 1.27. The van der Waals surface area contributed by atoms with E-state index in [-0.39, 0.29) is 0 Å². The highest BCUT2D eigenvalue weighted by atomic mass is 32.2. The van der Waals surface area contributed by atoms with E-state index in [1.165, 1.54) is 24.3 Å². The lowest BCUT2D eigenvalue weighted by atomic mass is 9.74. The average Bonchev–Trinajstić information content (AvgIpc) is 2.52. The number of alkyl halides is 3. The number of halogens is 3. The first-order valence-corrected chi connectivity index (χ1v) is 9.04. The number of rotatable bonds is 4. The molecule has 138 valence electrons. The Morgan fingerprint density at radius 2 is 1.81 bits per heavy atom. The molecular formula is C17H18F3N5S. The molecule has 2 saturated heterocycles. The van der Waals surface area contributed by atoms with Crippen LogP contribution in [0.25, 0.3) is 0 Å². The van der Waals surface area contributed by atoms with E-state index < -0.39 is 11.9 Å². The highest BCUT2D eigenvalue weighted by Gasteiger charge is 2.51. The van der Waals surface area contributed by atoms with Gasteiger partial charge in [-0.15, -0.1) is 0 Å². The molecule has 2 aromatic heterocycles. The van der Waals surface area contributed by atoms with Crippen LogP contribution in [0.5, 0.6) is 0 Å². The van der Waals surface area contributed by atoms with Gasteiger partial charge in [-0.3, -0.25) is 4.90 Å². The zero-order chi connectivity index (χ0) is 18.4. The minimum absolute atomic E-state index is 0.315. The van der Waals surface area contributed by atoms with E-state index >= 15 is 0 Å². The summed E-state index contributed by atoms with van der Waals surface area (Å²) in [6, 6.07) is 2.57. The molecule has 0 N–H and O–H groups in total. The van der Waals surface area contributed by atoms with Gasteiger partial charge in [-0.05, 0) is 31.0 Å². The first-order chi connectivity index (χ1) is 12.3. The Bertz CT molecular complexity index is 785. The largest absolute Gasteiger partial charge is 0.433 e. The Kier molecular flexibility index (Phi) is 4.40. The van der Waals surface area contributed by atoms with E-state index in [2.05, 4.69) is 24.2 Å². The number of nitrogens with zero attached hydrogens (tertiary/aromatic N) is 5. The van der Waals surface area contributed by atoms with E-state index in [0.717, 1.165) is 49.2 Å². The summed E-state index contributed by atoms with van der Waals surface area (Å²) in [6.45, 7) is 6.43. The monoisotopic (exact) mass is 381 g/mol. The lowest BCUT2D eigenvalue weighted by Crippen LogP contribution is -2.70. The lowest BCUT2D eigenvalue weighted by molar-refractivity contribution is -0.141. The van der Waals surface area contributed by atoms with Crippen LogP contribution < -0.4 is 0 Å². The first kappa shape index (κ1) is 17.7. The Morgan fingerprint density at radius 1 is 1.12 bits per heavy atom. The van der Waals surface area contributed by atoms with Crippen LogP contribution in [-0.2, 0) is 12.7 Å². The molecule has 2 aromatic rings. The molecule has 0 radical (unpaired) electrons. The second kappa shape index (κ2) is 6.47. The van der Waals surface area contributed by atoms with E-state index in [0.29, 0.717) is 11.1 Å². The third kappa shape index (κ3) is 3.56. The van der Waals surface area contributed by atoms with Crippen molar-refractivity contribution in [1.29, 1.82) is 0 Å².